The highest BCUT2D eigenvalue weighted by molar-refractivity contribution is 5.94. The Bertz CT molecular complexity index is 731. The van der Waals surface area contributed by atoms with Crippen molar-refractivity contribution >= 4 is 17.5 Å². The van der Waals surface area contributed by atoms with E-state index in [-0.39, 0.29) is 18.4 Å². The monoisotopic (exact) mass is 342 g/mol. The molecule has 0 fully saturated rings. The Morgan fingerprint density at radius 3 is 2.48 bits per heavy atom. The zero-order valence-corrected chi connectivity index (χ0v) is 14.4. The number of benzene rings is 2. The summed E-state index contributed by atoms with van der Waals surface area (Å²) < 4.78 is 9.86. The van der Waals surface area contributed by atoms with E-state index >= 15 is 0 Å². The molecule has 2 N–H and O–H groups in total. The molecule has 6 nitrogen and oxygen atoms in total. The van der Waals surface area contributed by atoms with Crippen molar-refractivity contribution in [3.63, 3.8) is 0 Å². The van der Waals surface area contributed by atoms with Crippen molar-refractivity contribution in [2.75, 3.05) is 26.1 Å². The van der Waals surface area contributed by atoms with Crippen LogP contribution in [0.2, 0.25) is 0 Å². The van der Waals surface area contributed by atoms with Gasteiger partial charge in [-0.2, -0.15) is 0 Å². The number of methoxy groups -OCH3 is 2. The Morgan fingerprint density at radius 2 is 1.72 bits per heavy atom. The van der Waals surface area contributed by atoms with Crippen molar-refractivity contribution < 1.29 is 19.1 Å². The van der Waals surface area contributed by atoms with Crippen LogP contribution in [0.15, 0.2) is 48.5 Å². The Kier molecular flexibility index (Phi) is 7.13. The van der Waals surface area contributed by atoms with Crippen LogP contribution in [0.5, 0.6) is 0 Å². The molecule has 0 aliphatic rings. The molecule has 132 valence electrons. The molecule has 2 aromatic carbocycles. The minimum atomic E-state index is -0.223. The molecule has 25 heavy (non-hydrogen) atoms. The molecule has 0 heterocycles. The molecule has 6 heteroatoms. The number of hydrogen-bond donors (Lipinski definition) is 2. The van der Waals surface area contributed by atoms with Crippen LogP contribution < -0.4 is 10.6 Å². The van der Waals surface area contributed by atoms with Gasteiger partial charge in [0.05, 0.1) is 6.61 Å². The Hall–Kier alpha value is -2.70. The summed E-state index contributed by atoms with van der Waals surface area (Å²) in [6.07, 6.45) is 0. The smallest absolute Gasteiger partial charge is 0.251 e. The summed E-state index contributed by atoms with van der Waals surface area (Å²) in [5, 5.41) is 5.61. The lowest BCUT2D eigenvalue weighted by atomic mass is 10.1. The molecule has 0 spiro atoms. The second-order valence-corrected chi connectivity index (χ2v) is 5.50. The molecule has 2 amide bonds. The second-order valence-electron chi connectivity index (χ2n) is 5.50. The molecule has 0 saturated heterocycles. The molecule has 0 radical (unpaired) electrons. The van der Waals surface area contributed by atoms with Gasteiger partial charge in [-0.3, -0.25) is 9.59 Å². The first-order valence-electron chi connectivity index (χ1n) is 7.86. The van der Waals surface area contributed by atoms with Gasteiger partial charge in [-0.15, -0.1) is 0 Å². The number of hydrogen-bond acceptors (Lipinski definition) is 4. The van der Waals surface area contributed by atoms with Crippen LogP contribution in [0, 0.1) is 0 Å². The number of ether oxygens (including phenoxy) is 2. The Labute approximate surface area is 147 Å². The van der Waals surface area contributed by atoms with E-state index in [1.165, 1.54) is 7.11 Å². The quantitative estimate of drug-likeness (QED) is 0.772. The predicted octanol–water partition coefficient (Wildman–Crippen LogP) is 2.35. The molecule has 2 rings (SSSR count). The van der Waals surface area contributed by atoms with Gasteiger partial charge < -0.3 is 20.1 Å². The number of carbonyl (C=O) groups excluding carboxylic acids is 2. The van der Waals surface area contributed by atoms with Crippen molar-refractivity contribution in [1.29, 1.82) is 0 Å². The highest BCUT2D eigenvalue weighted by Gasteiger charge is 2.07. The first kappa shape index (κ1) is 18.6. The largest absolute Gasteiger partial charge is 0.380 e. The fourth-order valence-electron chi connectivity index (χ4n) is 2.34. The van der Waals surface area contributed by atoms with Crippen molar-refractivity contribution in [2.45, 2.75) is 13.2 Å². The third-order valence-electron chi connectivity index (χ3n) is 3.44. The van der Waals surface area contributed by atoms with E-state index in [2.05, 4.69) is 10.6 Å². The van der Waals surface area contributed by atoms with Crippen LogP contribution in [-0.4, -0.2) is 32.6 Å². The van der Waals surface area contributed by atoms with Crippen molar-refractivity contribution in [3.05, 3.63) is 65.2 Å². The number of nitrogens with one attached hydrogen (secondary N) is 2. The zero-order chi connectivity index (χ0) is 18.1. The molecule has 0 unspecified atom stereocenters. The Morgan fingerprint density at radius 1 is 0.960 bits per heavy atom. The van der Waals surface area contributed by atoms with Crippen molar-refractivity contribution in [1.82, 2.24) is 5.32 Å². The minimum absolute atomic E-state index is 0.00121. The van der Waals surface area contributed by atoms with Crippen LogP contribution >= 0.6 is 0 Å². The van der Waals surface area contributed by atoms with E-state index < -0.39 is 0 Å². The summed E-state index contributed by atoms with van der Waals surface area (Å²) in [7, 11) is 3.08. The number of rotatable bonds is 8. The number of anilines is 1. The van der Waals surface area contributed by atoms with Crippen LogP contribution in [0.1, 0.15) is 21.5 Å². The first-order chi connectivity index (χ1) is 12.1. The maximum atomic E-state index is 12.3. The topological polar surface area (TPSA) is 76.7 Å². The fraction of sp³-hybridized carbons (Fsp3) is 0.263. The van der Waals surface area contributed by atoms with Gasteiger partial charge in [0.2, 0.25) is 5.91 Å². The van der Waals surface area contributed by atoms with Gasteiger partial charge in [-0.05, 0) is 35.4 Å². The Balaban J connectivity index is 1.95. The van der Waals surface area contributed by atoms with Gasteiger partial charge in [0.15, 0.2) is 0 Å². The molecule has 0 saturated carbocycles. The maximum Gasteiger partial charge on any atom is 0.251 e. The average Bonchev–Trinajstić information content (AvgIpc) is 2.61. The SMILES string of the molecule is COCC(=O)Nc1cccc(CNC(=O)c2cccc(COC)c2)c1. The van der Waals surface area contributed by atoms with E-state index in [1.807, 2.05) is 30.3 Å². The van der Waals surface area contributed by atoms with Gasteiger partial charge >= 0.3 is 0 Å². The van der Waals surface area contributed by atoms with E-state index in [0.717, 1.165) is 11.1 Å². The summed E-state index contributed by atoms with van der Waals surface area (Å²) in [5.74, 6) is -0.384. The van der Waals surface area contributed by atoms with Crippen LogP contribution in [-0.2, 0) is 27.4 Å². The lowest BCUT2D eigenvalue weighted by Gasteiger charge is -2.09. The fourth-order valence-corrected chi connectivity index (χ4v) is 2.34. The normalized spacial score (nSPS) is 10.3. The average molecular weight is 342 g/mol. The van der Waals surface area contributed by atoms with Crippen molar-refractivity contribution in [3.8, 4) is 0 Å². The van der Waals surface area contributed by atoms with Gasteiger partial charge in [0.1, 0.15) is 6.61 Å². The van der Waals surface area contributed by atoms with E-state index in [4.69, 9.17) is 9.47 Å². The molecule has 0 bridgehead atoms. The lowest BCUT2D eigenvalue weighted by Crippen LogP contribution is -2.23. The maximum absolute atomic E-state index is 12.3. The van der Waals surface area contributed by atoms with Gasteiger partial charge in [-0.1, -0.05) is 24.3 Å². The van der Waals surface area contributed by atoms with Gasteiger partial charge in [0.25, 0.3) is 5.91 Å². The minimum Gasteiger partial charge on any atom is -0.380 e. The second kappa shape index (κ2) is 9.56. The number of amides is 2. The van der Waals surface area contributed by atoms with Gasteiger partial charge in [0, 0.05) is 32.0 Å². The predicted molar refractivity (Wildman–Crippen MR) is 95.3 cm³/mol. The molecule has 0 atom stereocenters. The summed E-state index contributed by atoms with van der Waals surface area (Å²) in [6.45, 7) is 0.824. The molecule has 2 aromatic rings. The van der Waals surface area contributed by atoms with Crippen molar-refractivity contribution in [2.24, 2.45) is 0 Å². The third kappa shape index (κ3) is 6.02. The molecule has 0 aromatic heterocycles. The standard InChI is InChI=1S/C19H22N2O4/c1-24-12-15-6-3-7-16(9-15)19(23)20-11-14-5-4-8-17(10-14)21-18(22)13-25-2/h3-10H,11-13H2,1-2H3,(H,20,23)(H,21,22). The van der Waals surface area contributed by atoms with E-state index in [9.17, 15) is 9.59 Å². The van der Waals surface area contributed by atoms with Crippen LogP contribution in [0.4, 0.5) is 5.69 Å². The third-order valence-corrected chi connectivity index (χ3v) is 3.44. The summed E-state index contributed by atoms with van der Waals surface area (Å²) in [4.78, 5) is 23.8. The zero-order valence-electron chi connectivity index (χ0n) is 14.4. The summed E-state index contributed by atoms with van der Waals surface area (Å²) in [5.41, 5.74) is 3.07. The van der Waals surface area contributed by atoms with E-state index in [0.29, 0.717) is 24.4 Å². The molecular weight excluding hydrogens is 320 g/mol. The lowest BCUT2D eigenvalue weighted by molar-refractivity contribution is -0.119. The van der Waals surface area contributed by atoms with Crippen LogP contribution in [0.25, 0.3) is 0 Å². The van der Waals surface area contributed by atoms with E-state index in [1.54, 1.807) is 25.3 Å². The molecule has 0 aliphatic heterocycles. The highest BCUT2D eigenvalue weighted by Crippen LogP contribution is 2.11. The molecule has 0 aliphatic carbocycles. The first-order valence-corrected chi connectivity index (χ1v) is 7.86. The summed E-state index contributed by atoms with van der Waals surface area (Å²) >= 11 is 0. The number of carbonyl (C=O) groups is 2. The highest BCUT2D eigenvalue weighted by atomic mass is 16.5. The van der Waals surface area contributed by atoms with Crippen LogP contribution in [0.3, 0.4) is 0 Å². The molecular formula is C19H22N2O4. The van der Waals surface area contributed by atoms with Gasteiger partial charge in [-0.25, -0.2) is 0 Å². The summed E-state index contributed by atoms with van der Waals surface area (Å²) in [6, 6.07) is 14.6.